The van der Waals surface area contributed by atoms with Gasteiger partial charge in [-0.15, -0.1) is 0 Å². The lowest BCUT2D eigenvalue weighted by Gasteiger charge is -2.02. The number of rotatable bonds is 8. The van der Waals surface area contributed by atoms with E-state index in [1.165, 1.54) is 19.3 Å². The molecule has 3 N–H and O–H groups in total. The van der Waals surface area contributed by atoms with Crippen LogP contribution in [0.25, 0.3) is 0 Å². The first-order valence-electron chi connectivity index (χ1n) is 4.62. The quantitative estimate of drug-likeness (QED) is 0.521. The SMILES string of the molecule is [CH2]CCCCNCCCCN. The Morgan fingerprint density at radius 1 is 1.00 bits per heavy atom. The minimum Gasteiger partial charge on any atom is -0.330 e. The van der Waals surface area contributed by atoms with E-state index in [-0.39, 0.29) is 0 Å². The van der Waals surface area contributed by atoms with E-state index in [1.54, 1.807) is 0 Å². The molecular weight excluding hydrogens is 136 g/mol. The van der Waals surface area contributed by atoms with Gasteiger partial charge in [0.05, 0.1) is 0 Å². The van der Waals surface area contributed by atoms with Crippen LogP contribution in [0.1, 0.15) is 32.1 Å². The molecule has 0 rings (SSSR count). The smallest absolute Gasteiger partial charge is 0.00484 e. The molecule has 0 spiro atoms. The van der Waals surface area contributed by atoms with Gasteiger partial charge in [-0.1, -0.05) is 19.8 Å². The van der Waals surface area contributed by atoms with Gasteiger partial charge in [-0.05, 0) is 38.9 Å². The molecule has 0 saturated carbocycles. The van der Waals surface area contributed by atoms with E-state index in [2.05, 4.69) is 12.2 Å². The maximum absolute atomic E-state index is 5.35. The van der Waals surface area contributed by atoms with Crippen LogP contribution in [0, 0.1) is 6.92 Å². The average Bonchev–Trinajstić information content (AvgIpc) is 2.03. The molecule has 0 unspecified atom stereocenters. The van der Waals surface area contributed by atoms with Crippen molar-refractivity contribution in [1.82, 2.24) is 5.32 Å². The Labute approximate surface area is 70.5 Å². The Kier molecular flexibility index (Phi) is 9.85. The highest BCUT2D eigenvalue weighted by Gasteiger charge is 1.87. The van der Waals surface area contributed by atoms with Gasteiger partial charge >= 0.3 is 0 Å². The Hall–Kier alpha value is -0.0800. The first-order valence-corrected chi connectivity index (χ1v) is 4.62. The van der Waals surface area contributed by atoms with E-state index < -0.39 is 0 Å². The first-order chi connectivity index (χ1) is 5.41. The maximum Gasteiger partial charge on any atom is -0.00484 e. The molecule has 0 atom stereocenters. The molecule has 0 saturated heterocycles. The topological polar surface area (TPSA) is 38.0 Å². The summed E-state index contributed by atoms with van der Waals surface area (Å²) in [6.45, 7) is 6.87. The normalized spacial score (nSPS) is 10.4. The van der Waals surface area contributed by atoms with E-state index in [9.17, 15) is 0 Å². The van der Waals surface area contributed by atoms with E-state index in [1.807, 2.05) is 0 Å². The fraction of sp³-hybridized carbons (Fsp3) is 0.889. The third-order valence-corrected chi connectivity index (χ3v) is 1.66. The van der Waals surface area contributed by atoms with Gasteiger partial charge in [0.25, 0.3) is 0 Å². The zero-order valence-electron chi connectivity index (χ0n) is 7.44. The number of hydrogen-bond donors (Lipinski definition) is 2. The summed E-state index contributed by atoms with van der Waals surface area (Å²) in [6, 6.07) is 0. The van der Waals surface area contributed by atoms with E-state index in [0.29, 0.717) is 0 Å². The van der Waals surface area contributed by atoms with Gasteiger partial charge in [0.15, 0.2) is 0 Å². The standard InChI is InChI=1S/C9H21N2/c1-2-3-5-8-11-9-6-4-7-10/h11H,1-10H2. The van der Waals surface area contributed by atoms with Crippen molar-refractivity contribution in [3.63, 3.8) is 0 Å². The third-order valence-electron chi connectivity index (χ3n) is 1.66. The molecule has 0 aromatic heterocycles. The summed E-state index contributed by atoms with van der Waals surface area (Å²) >= 11 is 0. The highest BCUT2D eigenvalue weighted by atomic mass is 14.8. The Balaban J connectivity index is 2.69. The highest BCUT2D eigenvalue weighted by molar-refractivity contribution is 4.50. The van der Waals surface area contributed by atoms with Crippen LogP contribution in [-0.2, 0) is 0 Å². The minimum atomic E-state index is 0.820. The van der Waals surface area contributed by atoms with Crippen molar-refractivity contribution in [3.05, 3.63) is 6.92 Å². The molecule has 11 heavy (non-hydrogen) atoms. The van der Waals surface area contributed by atoms with Crippen LogP contribution in [0.2, 0.25) is 0 Å². The van der Waals surface area contributed by atoms with Gasteiger partial charge in [0, 0.05) is 0 Å². The van der Waals surface area contributed by atoms with E-state index in [4.69, 9.17) is 5.73 Å². The second-order valence-corrected chi connectivity index (χ2v) is 2.81. The fourth-order valence-electron chi connectivity index (χ4n) is 0.946. The molecule has 0 aliphatic heterocycles. The van der Waals surface area contributed by atoms with Gasteiger partial charge in [-0.25, -0.2) is 0 Å². The van der Waals surface area contributed by atoms with Crippen molar-refractivity contribution in [3.8, 4) is 0 Å². The summed E-state index contributed by atoms with van der Waals surface area (Å²) in [4.78, 5) is 0. The summed E-state index contributed by atoms with van der Waals surface area (Å²) in [5, 5.41) is 3.37. The fourth-order valence-corrected chi connectivity index (χ4v) is 0.946. The maximum atomic E-state index is 5.35. The zero-order chi connectivity index (χ0) is 8.36. The summed E-state index contributed by atoms with van der Waals surface area (Å²) < 4.78 is 0. The van der Waals surface area contributed by atoms with Crippen LogP contribution >= 0.6 is 0 Å². The molecule has 0 aromatic rings. The highest BCUT2D eigenvalue weighted by Crippen LogP contribution is 1.90. The zero-order valence-corrected chi connectivity index (χ0v) is 7.44. The van der Waals surface area contributed by atoms with E-state index in [0.717, 1.165) is 32.5 Å². The van der Waals surface area contributed by atoms with Gasteiger partial charge < -0.3 is 11.1 Å². The van der Waals surface area contributed by atoms with Gasteiger partial charge in [-0.2, -0.15) is 0 Å². The number of nitrogens with one attached hydrogen (secondary N) is 1. The van der Waals surface area contributed by atoms with Crippen LogP contribution in [-0.4, -0.2) is 19.6 Å². The first kappa shape index (κ1) is 10.9. The molecule has 0 aliphatic carbocycles. The van der Waals surface area contributed by atoms with Gasteiger partial charge in [0.2, 0.25) is 0 Å². The van der Waals surface area contributed by atoms with Crippen molar-refractivity contribution in [2.45, 2.75) is 32.1 Å². The lowest BCUT2D eigenvalue weighted by atomic mass is 10.2. The second-order valence-electron chi connectivity index (χ2n) is 2.81. The average molecular weight is 157 g/mol. The van der Waals surface area contributed by atoms with Crippen molar-refractivity contribution in [2.75, 3.05) is 19.6 Å². The molecule has 0 aromatic carbocycles. The minimum absolute atomic E-state index is 0.820. The predicted molar refractivity (Wildman–Crippen MR) is 50.4 cm³/mol. The van der Waals surface area contributed by atoms with Crippen LogP contribution in [0.4, 0.5) is 0 Å². The van der Waals surface area contributed by atoms with Crippen molar-refractivity contribution in [1.29, 1.82) is 0 Å². The molecule has 0 heterocycles. The third kappa shape index (κ3) is 9.92. The number of nitrogens with two attached hydrogens (primary N) is 1. The largest absolute Gasteiger partial charge is 0.330 e. The van der Waals surface area contributed by atoms with E-state index >= 15 is 0 Å². The van der Waals surface area contributed by atoms with Crippen LogP contribution in [0.3, 0.4) is 0 Å². The molecule has 0 aliphatic rings. The van der Waals surface area contributed by atoms with Gasteiger partial charge in [0.1, 0.15) is 0 Å². The van der Waals surface area contributed by atoms with Crippen LogP contribution < -0.4 is 11.1 Å². The lowest BCUT2D eigenvalue weighted by molar-refractivity contribution is 0.594. The second kappa shape index (κ2) is 9.92. The molecule has 1 radical (unpaired) electrons. The molecular formula is C9H21N2. The van der Waals surface area contributed by atoms with Gasteiger partial charge in [-0.3, -0.25) is 0 Å². The summed E-state index contributed by atoms with van der Waals surface area (Å²) in [5.74, 6) is 0. The van der Waals surface area contributed by atoms with Crippen LogP contribution in [0.15, 0.2) is 0 Å². The molecule has 2 nitrogen and oxygen atoms in total. The van der Waals surface area contributed by atoms with Crippen molar-refractivity contribution in [2.24, 2.45) is 5.73 Å². The Morgan fingerprint density at radius 2 is 1.64 bits per heavy atom. The molecule has 0 bridgehead atoms. The predicted octanol–water partition coefficient (Wildman–Crippen LogP) is 1.32. The summed E-state index contributed by atoms with van der Waals surface area (Å²) in [7, 11) is 0. The Morgan fingerprint density at radius 3 is 2.18 bits per heavy atom. The molecule has 0 amide bonds. The van der Waals surface area contributed by atoms with Crippen LogP contribution in [0.5, 0.6) is 0 Å². The molecule has 67 valence electrons. The molecule has 2 heteroatoms. The Bertz CT molecular complexity index is 56.6. The number of hydrogen-bond acceptors (Lipinski definition) is 2. The van der Waals surface area contributed by atoms with Crippen molar-refractivity contribution >= 4 is 0 Å². The summed E-state index contributed by atoms with van der Waals surface area (Å²) in [5.41, 5.74) is 5.35. The van der Waals surface area contributed by atoms with Crippen molar-refractivity contribution < 1.29 is 0 Å². The summed E-state index contributed by atoms with van der Waals surface area (Å²) in [6.07, 6.45) is 5.91. The number of unbranched alkanes of at least 4 members (excludes halogenated alkanes) is 3. The molecule has 0 fully saturated rings. The lowest BCUT2D eigenvalue weighted by Crippen LogP contribution is -2.17. The monoisotopic (exact) mass is 157 g/mol.